The van der Waals surface area contributed by atoms with Gasteiger partial charge in [0.1, 0.15) is 12.4 Å². The van der Waals surface area contributed by atoms with Gasteiger partial charge in [-0.3, -0.25) is 4.99 Å². The first-order chi connectivity index (χ1) is 12.1. The number of hydrogen-bond acceptors (Lipinski definition) is 6. The predicted molar refractivity (Wildman–Crippen MR) is 94.6 cm³/mol. The zero-order valence-corrected chi connectivity index (χ0v) is 15.1. The number of aliphatic imine (C=N–C) groups is 1. The molecule has 2 heterocycles. The van der Waals surface area contributed by atoms with Gasteiger partial charge in [-0.1, -0.05) is 6.07 Å². The highest BCUT2D eigenvalue weighted by atomic mass is 16.5. The van der Waals surface area contributed by atoms with Crippen LogP contribution in [0.4, 0.5) is 0 Å². The van der Waals surface area contributed by atoms with E-state index in [-0.39, 0.29) is 0 Å². The fourth-order valence-electron chi connectivity index (χ4n) is 2.08. The van der Waals surface area contributed by atoms with Crippen molar-refractivity contribution in [1.29, 1.82) is 0 Å². The molecule has 0 radical (unpaired) electrons. The van der Waals surface area contributed by atoms with Crippen LogP contribution in [0.25, 0.3) is 0 Å². The van der Waals surface area contributed by atoms with Gasteiger partial charge in [0.2, 0.25) is 11.8 Å². The summed E-state index contributed by atoms with van der Waals surface area (Å²) in [5.74, 6) is 2.68. The van der Waals surface area contributed by atoms with Crippen molar-refractivity contribution in [2.24, 2.45) is 4.99 Å². The van der Waals surface area contributed by atoms with Gasteiger partial charge in [-0.05, 0) is 19.9 Å². The van der Waals surface area contributed by atoms with Crippen LogP contribution in [0.3, 0.4) is 0 Å². The van der Waals surface area contributed by atoms with Gasteiger partial charge in [0.05, 0.1) is 18.8 Å². The quantitative estimate of drug-likeness (QED) is 0.425. The van der Waals surface area contributed by atoms with Gasteiger partial charge in [-0.25, -0.2) is 9.97 Å². The van der Waals surface area contributed by atoms with Crippen LogP contribution >= 0.6 is 0 Å². The number of hydrogen-bond donors (Lipinski definition) is 2. The molecule has 0 bridgehead atoms. The van der Waals surface area contributed by atoms with Crippen LogP contribution in [0.1, 0.15) is 22.9 Å². The minimum atomic E-state index is 0.455. The van der Waals surface area contributed by atoms with Crippen molar-refractivity contribution in [3.63, 3.8) is 0 Å². The summed E-state index contributed by atoms with van der Waals surface area (Å²) in [6.07, 6.45) is 1.70. The Morgan fingerprint density at radius 1 is 1.24 bits per heavy atom. The van der Waals surface area contributed by atoms with Crippen molar-refractivity contribution in [3.8, 4) is 5.88 Å². The molecule has 136 valence electrons. The van der Waals surface area contributed by atoms with Crippen molar-refractivity contribution < 1.29 is 13.9 Å². The number of ether oxygens (including phenoxy) is 2. The SMILES string of the molecule is CN=C(NCc1nc(C)c(C)o1)NCc1cccnc1OCCOC. The molecule has 2 aromatic rings. The molecule has 0 fully saturated rings. The molecule has 2 aromatic heterocycles. The van der Waals surface area contributed by atoms with Gasteiger partial charge < -0.3 is 24.5 Å². The highest BCUT2D eigenvalue weighted by Crippen LogP contribution is 2.13. The fourth-order valence-corrected chi connectivity index (χ4v) is 2.08. The maximum atomic E-state index is 5.63. The number of aryl methyl sites for hydroxylation is 2. The molecule has 2 N–H and O–H groups in total. The third-order valence-corrected chi connectivity index (χ3v) is 3.53. The van der Waals surface area contributed by atoms with E-state index in [1.54, 1.807) is 20.4 Å². The van der Waals surface area contributed by atoms with E-state index < -0.39 is 0 Å². The average molecular weight is 347 g/mol. The Morgan fingerprint density at radius 3 is 2.72 bits per heavy atom. The average Bonchev–Trinajstić information content (AvgIpc) is 2.94. The second kappa shape index (κ2) is 9.63. The minimum absolute atomic E-state index is 0.455. The molecule has 25 heavy (non-hydrogen) atoms. The molecule has 0 atom stereocenters. The number of guanidine groups is 1. The van der Waals surface area contributed by atoms with Gasteiger partial charge in [0.25, 0.3) is 0 Å². The maximum Gasteiger partial charge on any atom is 0.218 e. The number of oxazole rings is 1. The lowest BCUT2D eigenvalue weighted by atomic mass is 10.2. The highest BCUT2D eigenvalue weighted by molar-refractivity contribution is 5.79. The highest BCUT2D eigenvalue weighted by Gasteiger charge is 2.08. The molecule has 0 aliphatic heterocycles. The summed E-state index contributed by atoms with van der Waals surface area (Å²) in [6.45, 7) is 5.77. The fraction of sp³-hybridized carbons (Fsp3) is 0.471. The standard InChI is InChI=1S/C17H25N5O3/c1-12-13(2)25-15(22-12)11-21-17(18-3)20-10-14-6-5-7-19-16(14)24-9-8-23-4/h5-7H,8-11H2,1-4H3,(H2,18,20,21). The number of nitrogens with zero attached hydrogens (tertiary/aromatic N) is 3. The van der Waals surface area contributed by atoms with E-state index in [4.69, 9.17) is 13.9 Å². The summed E-state index contributed by atoms with van der Waals surface area (Å²) >= 11 is 0. The van der Waals surface area contributed by atoms with Crippen LogP contribution in [0.2, 0.25) is 0 Å². The lowest BCUT2D eigenvalue weighted by Crippen LogP contribution is -2.36. The monoisotopic (exact) mass is 347 g/mol. The van der Waals surface area contributed by atoms with Crippen molar-refractivity contribution in [2.75, 3.05) is 27.4 Å². The van der Waals surface area contributed by atoms with E-state index in [0.29, 0.717) is 44.0 Å². The molecule has 0 aliphatic rings. The Bertz CT molecular complexity index is 680. The van der Waals surface area contributed by atoms with Crippen molar-refractivity contribution in [3.05, 3.63) is 41.2 Å². The van der Waals surface area contributed by atoms with E-state index in [9.17, 15) is 0 Å². The van der Waals surface area contributed by atoms with E-state index in [1.807, 2.05) is 26.0 Å². The normalized spacial score (nSPS) is 11.4. The van der Waals surface area contributed by atoms with E-state index in [2.05, 4.69) is 25.6 Å². The Kier molecular flexibility index (Phi) is 7.21. The zero-order valence-electron chi connectivity index (χ0n) is 15.1. The van der Waals surface area contributed by atoms with Gasteiger partial charge >= 0.3 is 0 Å². The van der Waals surface area contributed by atoms with Crippen LogP contribution in [0, 0.1) is 13.8 Å². The molecular formula is C17H25N5O3. The molecule has 8 heteroatoms. The van der Waals surface area contributed by atoms with Gasteiger partial charge in [0, 0.05) is 32.5 Å². The van der Waals surface area contributed by atoms with E-state index in [0.717, 1.165) is 17.0 Å². The Morgan fingerprint density at radius 2 is 2.04 bits per heavy atom. The second-order valence-corrected chi connectivity index (χ2v) is 5.34. The Balaban J connectivity index is 1.88. The predicted octanol–water partition coefficient (Wildman–Crippen LogP) is 1.58. The maximum absolute atomic E-state index is 5.63. The van der Waals surface area contributed by atoms with Crippen molar-refractivity contribution in [1.82, 2.24) is 20.6 Å². The molecule has 0 aliphatic carbocycles. The first-order valence-corrected chi connectivity index (χ1v) is 8.07. The first kappa shape index (κ1) is 18.7. The molecule has 0 amide bonds. The van der Waals surface area contributed by atoms with Crippen LogP contribution < -0.4 is 15.4 Å². The molecule has 0 aromatic carbocycles. The molecule has 0 spiro atoms. The summed E-state index contributed by atoms with van der Waals surface area (Å²) in [5, 5.41) is 6.40. The second-order valence-electron chi connectivity index (χ2n) is 5.34. The molecule has 0 unspecified atom stereocenters. The molecular weight excluding hydrogens is 322 g/mol. The number of nitrogens with one attached hydrogen (secondary N) is 2. The number of aromatic nitrogens is 2. The molecule has 0 saturated heterocycles. The van der Waals surface area contributed by atoms with Crippen LogP contribution in [-0.4, -0.2) is 43.3 Å². The number of methoxy groups -OCH3 is 1. The lowest BCUT2D eigenvalue weighted by Gasteiger charge is -2.13. The largest absolute Gasteiger partial charge is 0.475 e. The summed E-state index contributed by atoms with van der Waals surface area (Å²) in [7, 11) is 3.34. The zero-order chi connectivity index (χ0) is 18.1. The first-order valence-electron chi connectivity index (χ1n) is 8.07. The van der Waals surface area contributed by atoms with E-state index >= 15 is 0 Å². The summed E-state index contributed by atoms with van der Waals surface area (Å²) in [5.41, 5.74) is 1.83. The number of pyridine rings is 1. The van der Waals surface area contributed by atoms with Gasteiger partial charge in [-0.2, -0.15) is 0 Å². The van der Waals surface area contributed by atoms with Crippen LogP contribution in [-0.2, 0) is 17.8 Å². The Hall–Kier alpha value is -2.61. The van der Waals surface area contributed by atoms with Crippen LogP contribution in [0.15, 0.2) is 27.7 Å². The molecule has 8 nitrogen and oxygen atoms in total. The van der Waals surface area contributed by atoms with Gasteiger partial charge in [-0.15, -0.1) is 0 Å². The smallest absolute Gasteiger partial charge is 0.218 e. The summed E-state index contributed by atoms with van der Waals surface area (Å²) < 4.78 is 16.2. The Labute approximate surface area is 147 Å². The third-order valence-electron chi connectivity index (χ3n) is 3.53. The summed E-state index contributed by atoms with van der Waals surface area (Å²) in [6, 6.07) is 3.82. The van der Waals surface area contributed by atoms with Crippen LogP contribution in [0.5, 0.6) is 5.88 Å². The lowest BCUT2D eigenvalue weighted by molar-refractivity contribution is 0.143. The third kappa shape index (κ3) is 5.75. The minimum Gasteiger partial charge on any atom is -0.475 e. The summed E-state index contributed by atoms with van der Waals surface area (Å²) in [4.78, 5) is 12.8. The number of rotatable bonds is 8. The van der Waals surface area contributed by atoms with E-state index in [1.165, 1.54) is 0 Å². The topological polar surface area (TPSA) is 93.8 Å². The molecule has 2 rings (SSSR count). The molecule has 0 saturated carbocycles. The van der Waals surface area contributed by atoms with Gasteiger partial charge in [0.15, 0.2) is 5.96 Å². The van der Waals surface area contributed by atoms with Crippen molar-refractivity contribution >= 4 is 5.96 Å². The van der Waals surface area contributed by atoms with Crippen molar-refractivity contribution in [2.45, 2.75) is 26.9 Å².